The van der Waals surface area contributed by atoms with Crippen molar-refractivity contribution >= 4 is 32.3 Å². The van der Waals surface area contributed by atoms with Crippen molar-refractivity contribution in [1.29, 1.82) is 5.26 Å². The van der Waals surface area contributed by atoms with Crippen molar-refractivity contribution in [2.75, 3.05) is 26.4 Å². The monoisotopic (exact) mass is 563 g/mol. The van der Waals surface area contributed by atoms with Crippen molar-refractivity contribution in [3.8, 4) is 6.07 Å². The Morgan fingerprint density at radius 3 is 2.08 bits per heavy atom. The number of hydrogen-bond donors (Lipinski definition) is 2. The first-order chi connectivity index (χ1) is 18.0. The molecule has 0 aliphatic carbocycles. The van der Waals surface area contributed by atoms with E-state index >= 15 is 0 Å². The summed E-state index contributed by atoms with van der Waals surface area (Å²) in [5, 5.41) is 11.1. The molecule has 1 rings (SSSR count). The highest BCUT2D eigenvalue weighted by molar-refractivity contribution is 7.44. The number of rotatable bonds is 17. The van der Waals surface area contributed by atoms with E-state index < -0.39 is 63.0 Å². The highest BCUT2D eigenvalue weighted by atomic mass is 31.2. The minimum Gasteiger partial charge on any atom is -0.463 e. The number of unbranched alkanes of at least 4 members (excludes halogenated alkanes) is 3. The number of hydrogen-bond acceptors (Lipinski definition) is 13. The van der Waals surface area contributed by atoms with Crippen LogP contribution in [0.2, 0.25) is 0 Å². The summed E-state index contributed by atoms with van der Waals surface area (Å²) in [5.41, 5.74) is 5.69. The molecular formula is C23H38N3O11P. The number of carbonyl (C=O) groups is 4. The highest BCUT2D eigenvalue weighted by Gasteiger charge is 2.51. The van der Waals surface area contributed by atoms with E-state index in [9.17, 15) is 19.2 Å². The van der Waals surface area contributed by atoms with Crippen molar-refractivity contribution in [2.24, 2.45) is 5.50 Å². The van der Waals surface area contributed by atoms with Crippen LogP contribution < -0.4 is 10.8 Å². The lowest BCUT2D eigenvalue weighted by molar-refractivity contribution is -0.277. The Morgan fingerprint density at radius 1 is 0.895 bits per heavy atom. The maximum atomic E-state index is 11.9. The lowest BCUT2D eigenvalue weighted by atomic mass is 9.96. The van der Waals surface area contributed by atoms with E-state index in [0.29, 0.717) is 13.0 Å². The summed E-state index contributed by atoms with van der Waals surface area (Å²) in [6.07, 6.45) is -1.15. The summed E-state index contributed by atoms with van der Waals surface area (Å²) in [6, 6.07) is 0.966. The topological polar surface area (TPSA) is 195 Å². The molecule has 0 saturated carbocycles. The van der Waals surface area contributed by atoms with E-state index in [1.807, 2.05) is 6.07 Å². The summed E-state index contributed by atoms with van der Waals surface area (Å²) >= 11 is 0. The summed E-state index contributed by atoms with van der Waals surface area (Å²) in [6.45, 7) is 5.45. The van der Waals surface area contributed by atoms with Crippen molar-refractivity contribution < 1.29 is 51.9 Å². The van der Waals surface area contributed by atoms with Crippen molar-refractivity contribution in [2.45, 2.75) is 90.4 Å². The van der Waals surface area contributed by atoms with Crippen molar-refractivity contribution in [1.82, 2.24) is 5.32 Å². The summed E-state index contributed by atoms with van der Waals surface area (Å²) in [4.78, 5) is 47.0. The number of nitriles is 1. The molecule has 15 heteroatoms. The molecule has 6 atom stereocenters. The number of nitrogens with two attached hydrogens (primary N) is 1. The molecule has 38 heavy (non-hydrogen) atoms. The maximum Gasteiger partial charge on any atom is 0.303 e. The number of esters is 3. The molecule has 1 aliphatic heterocycles. The first kappa shape index (κ1) is 33.6. The van der Waals surface area contributed by atoms with Gasteiger partial charge in [0.05, 0.1) is 25.7 Å². The predicted octanol–water partition coefficient (Wildman–Crippen LogP) is 1.35. The molecule has 1 saturated heterocycles. The molecule has 3 N–H and O–H groups in total. The maximum absolute atomic E-state index is 11.9. The fourth-order valence-corrected chi connectivity index (χ4v) is 4.22. The van der Waals surface area contributed by atoms with E-state index in [0.717, 1.165) is 19.3 Å². The molecule has 0 aromatic carbocycles. The van der Waals surface area contributed by atoms with Crippen LogP contribution in [0.25, 0.3) is 0 Å². The molecule has 0 spiro atoms. The van der Waals surface area contributed by atoms with Crippen LogP contribution in [-0.2, 0) is 51.9 Å². The Labute approximate surface area is 223 Å². The molecule has 1 fully saturated rings. The quantitative estimate of drug-likeness (QED) is 0.111. The van der Waals surface area contributed by atoms with E-state index in [-0.39, 0.29) is 26.2 Å². The SMILES string of the molecule is CC(=O)N[C@H]1C(OC(C)=O)[C@@H](OC(C)=O)C(COC(C)=O)O[C@H]1OCCCCCCOP(N)OCCC#N. The summed E-state index contributed by atoms with van der Waals surface area (Å²) in [7, 11) is -1.50. The first-order valence-electron chi connectivity index (χ1n) is 12.2. The Bertz CT molecular complexity index is 810. The van der Waals surface area contributed by atoms with Crippen LogP contribution in [0.3, 0.4) is 0 Å². The number of amides is 1. The number of nitrogens with zero attached hydrogens (tertiary/aromatic N) is 1. The van der Waals surface area contributed by atoms with Crippen LogP contribution in [-0.4, -0.2) is 80.9 Å². The summed E-state index contributed by atoms with van der Waals surface area (Å²) < 4.78 is 38.2. The predicted molar refractivity (Wildman–Crippen MR) is 132 cm³/mol. The fraction of sp³-hybridized carbons (Fsp3) is 0.783. The molecule has 1 aliphatic rings. The van der Waals surface area contributed by atoms with Gasteiger partial charge in [-0.1, -0.05) is 12.8 Å². The first-order valence-corrected chi connectivity index (χ1v) is 13.5. The molecule has 0 bridgehead atoms. The molecule has 216 valence electrons. The molecule has 0 aromatic rings. The van der Waals surface area contributed by atoms with Crippen LogP contribution in [0.15, 0.2) is 0 Å². The van der Waals surface area contributed by atoms with Gasteiger partial charge in [0, 0.05) is 34.3 Å². The second-order valence-electron chi connectivity index (χ2n) is 8.36. The zero-order valence-electron chi connectivity index (χ0n) is 22.2. The van der Waals surface area contributed by atoms with Crippen LogP contribution in [0.4, 0.5) is 0 Å². The van der Waals surface area contributed by atoms with Gasteiger partial charge < -0.3 is 38.0 Å². The van der Waals surface area contributed by atoms with E-state index in [2.05, 4.69) is 5.32 Å². The average Bonchev–Trinajstić information content (AvgIpc) is 2.82. The third kappa shape index (κ3) is 13.9. The van der Waals surface area contributed by atoms with Crippen LogP contribution in [0, 0.1) is 11.3 Å². The lowest BCUT2D eigenvalue weighted by Gasteiger charge is -2.44. The lowest BCUT2D eigenvalue weighted by Crippen LogP contribution is -2.66. The van der Waals surface area contributed by atoms with E-state index in [1.54, 1.807) is 0 Å². The van der Waals surface area contributed by atoms with Crippen molar-refractivity contribution in [3.05, 3.63) is 0 Å². The molecule has 1 heterocycles. The smallest absolute Gasteiger partial charge is 0.303 e. The molecule has 0 radical (unpaired) electrons. The Kier molecular flexibility index (Phi) is 16.6. The van der Waals surface area contributed by atoms with Gasteiger partial charge in [0.15, 0.2) is 18.5 Å². The largest absolute Gasteiger partial charge is 0.463 e. The van der Waals surface area contributed by atoms with Gasteiger partial charge in [0.2, 0.25) is 5.91 Å². The standard InChI is InChI=1S/C23H38N3O11P/c1-15(27)26-20-22(36-18(4)30)21(35-17(3)29)19(14-32-16(2)28)37-23(20)31-11-7-5-6-8-12-33-38(25)34-13-9-10-24/h19-23H,5-9,11-14,25H2,1-4H3,(H,26,27)/t19?,20-,21-,22?,23+,38?/m0/s1. The molecule has 0 aromatic heterocycles. The second-order valence-corrected chi connectivity index (χ2v) is 9.45. The number of ether oxygens (including phenoxy) is 5. The Hall–Kier alpha value is -2.40. The minimum atomic E-state index is -1.50. The van der Waals surface area contributed by atoms with Gasteiger partial charge >= 0.3 is 17.9 Å². The molecular weight excluding hydrogens is 525 g/mol. The fourth-order valence-electron chi connectivity index (χ4n) is 3.56. The van der Waals surface area contributed by atoms with Gasteiger partial charge in [-0.3, -0.25) is 24.7 Å². The van der Waals surface area contributed by atoms with E-state index in [1.165, 1.54) is 27.7 Å². The third-order valence-electron chi connectivity index (χ3n) is 5.04. The zero-order valence-corrected chi connectivity index (χ0v) is 23.1. The Balaban J connectivity index is 2.72. The highest BCUT2D eigenvalue weighted by Crippen LogP contribution is 2.29. The van der Waals surface area contributed by atoms with Gasteiger partial charge in [-0.05, 0) is 12.8 Å². The minimum absolute atomic E-state index is 0.237. The van der Waals surface area contributed by atoms with Crippen LogP contribution >= 0.6 is 8.53 Å². The van der Waals surface area contributed by atoms with Gasteiger partial charge in [-0.25, -0.2) is 0 Å². The molecule has 14 nitrogen and oxygen atoms in total. The van der Waals surface area contributed by atoms with Gasteiger partial charge in [-0.15, -0.1) is 0 Å². The van der Waals surface area contributed by atoms with Gasteiger partial charge in [0.25, 0.3) is 8.53 Å². The van der Waals surface area contributed by atoms with Crippen LogP contribution in [0.1, 0.15) is 59.8 Å². The van der Waals surface area contributed by atoms with Gasteiger partial charge in [0.1, 0.15) is 18.8 Å². The van der Waals surface area contributed by atoms with E-state index in [4.69, 9.17) is 43.5 Å². The number of nitrogens with one attached hydrogen (secondary N) is 1. The van der Waals surface area contributed by atoms with Crippen molar-refractivity contribution in [3.63, 3.8) is 0 Å². The normalized spacial score (nSPS) is 23.5. The second kappa shape index (κ2) is 18.8. The third-order valence-corrected chi connectivity index (χ3v) is 5.92. The molecule has 3 unspecified atom stereocenters. The zero-order chi connectivity index (χ0) is 28.5. The average molecular weight is 564 g/mol. The van der Waals surface area contributed by atoms with Crippen LogP contribution in [0.5, 0.6) is 0 Å². The van der Waals surface area contributed by atoms with Gasteiger partial charge in [-0.2, -0.15) is 5.26 Å². The summed E-state index contributed by atoms with van der Waals surface area (Å²) in [5.74, 6) is -2.38. The Morgan fingerprint density at radius 2 is 1.50 bits per heavy atom. The number of carbonyl (C=O) groups excluding carboxylic acids is 4. The molecule has 1 amide bonds.